The molecule has 1 saturated heterocycles. The number of rotatable bonds is 6. The van der Waals surface area contributed by atoms with E-state index < -0.39 is 0 Å². The van der Waals surface area contributed by atoms with Crippen molar-refractivity contribution in [3.63, 3.8) is 0 Å². The summed E-state index contributed by atoms with van der Waals surface area (Å²) in [6, 6.07) is 12.5. The van der Waals surface area contributed by atoms with Crippen LogP contribution in [0.15, 0.2) is 42.5 Å². The van der Waals surface area contributed by atoms with Gasteiger partial charge in [-0.15, -0.1) is 0 Å². The molecule has 1 fully saturated rings. The zero-order valence-electron chi connectivity index (χ0n) is 18.8. The molecule has 3 aliphatic heterocycles. The highest BCUT2D eigenvalue weighted by Crippen LogP contribution is 2.53. The molecule has 1 amide bonds. The van der Waals surface area contributed by atoms with E-state index in [-0.39, 0.29) is 22.9 Å². The molecule has 0 spiro atoms. The van der Waals surface area contributed by atoms with Crippen LogP contribution in [0.1, 0.15) is 49.0 Å². The van der Waals surface area contributed by atoms with E-state index in [1.165, 1.54) is 23.4 Å². The van der Waals surface area contributed by atoms with E-state index in [9.17, 15) is 14.0 Å². The topological polar surface area (TPSA) is 43.9 Å². The van der Waals surface area contributed by atoms with Gasteiger partial charge in [0, 0.05) is 43.1 Å². The largest absolute Gasteiger partial charge is 0.356 e. The van der Waals surface area contributed by atoms with Crippen LogP contribution in [-0.4, -0.2) is 55.4 Å². The van der Waals surface area contributed by atoms with Crippen molar-refractivity contribution in [2.75, 3.05) is 42.5 Å². The summed E-state index contributed by atoms with van der Waals surface area (Å²) in [6.45, 7) is 8.29. The van der Waals surface area contributed by atoms with Crippen molar-refractivity contribution < 1.29 is 14.0 Å². The molecule has 3 aliphatic rings. The number of benzene rings is 2. The summed E-state index contributed by atoms with van der Waals surface area (Å²) in [6.07, 6.45) is 2.26. The molecule has 0 aliphatic carbocycles. The molecule has 0 N–H and O–H groups in total. The number of para-hydroxylation sites is 1. The van der Waals surface area contributed by atoms with Crippen molar-refractivity contribution in [1.82, 2.24) is 4.90 Å². The van der Waals surface area contributed by atoms with Crippen molar-refractivity contribution in [2.45, 2.75) is 44.6 Å². The van der Waals surface area contributed by atoms with Gasteiger partial charge in [0.05, 0.1) is 17.9 Å². The monoisotopic (exact) mass is 435 g/mol. The Kier molecular flexibility index (Phi) is 5.28. The highest BCUT2D eigenvalue weighted by Gasteiger charge is 2.53. The number of likely N-dealkylation sites (N-methyl/N-ethyl adjacent to an activating group) is 1. The number of nitrogens with zero attached hydrogens (tertiary/aromatic N) is 3. The highest BCUT2D eigenvalue weighted by molar-refractivity contribution is 6.05. The number of piperidine rings is 1. The number of anilines is 2. The maximum absolute atomic E-state index is 13.1. The Morgan fingerprint density at radius 1 is 1.19 bits per heavy atom. The summed E-state index contributed by atoms with van der Waals surface area (Å²) >= 11 is 0. The van der Waals surface area contributed by atoms with Crippen LogP contribution in [0.25, 0.3) is 0 Å². The molecule has 0 bridgehead atoms. The summed E-state index contributed by atoms with van der Waals surface area (Å²) in [4.78, 5) is 32.0. The molecule has 2 aromatic rings. The number of Topliss-reactive ketones (excluding diaryl/α,β-unsaturated/α-hetero) is 1. The molecule has 0 aromatic heterocycles. The number of carbonyl (C=O) groups excluding carboxylic acids is 2. The van der Waals surface area contributed by atoms with Gasteiger partial charge < -0.3 is 14.7 Å². The van der Waals surface area contributed by atoms with Gasteiger partial charge in [0.25, 0.3) is 0 Å². The third-order valence-corrected chi connectivity index (χ3v) is 7.56. The lowest BCUT2D eigenvalue weighted by Gasteiger charge is -2.46. The number of hydrogen-bond acceptors (Lipinski definition) is 4. The van der Waals surface area contributed by atoms with Crippen LogP contribution >= 0.6 is 0 Å². The second-order valence-electron chi connectivity index (χ2n) is 9.47. The van der Waals surface area contributed by atoms with E-state index in [1.807, 2.05) is 11.8 Å². The molecule has 168 valence electrons. The second kappa shape index (κ2) is 8.00. The van der Waals surface area contributed by atoms with Crippen LogP contribution in [0, 0.1) is 5.82 Å². The standard InChI is InChI=1S/C26H30FN3O2/c1-3-29-21-7-4-6-20-25(21)30(16-24(29)32)23-13-15-28(17-26(20,23)2)14-5-8-22(31)18-9-11-19(27)12-10-18/h4,6-7,9-12,23H,3,5,8,13-17H2,1-2H3/t23-,26-/m0/s1. The van der Waals surface area contributed by atoms with E-state index in [4.69, 9.17) is 0 Å². The van der Waals surface area contributed by atoms with Crippen LogP contribution in [-0.2, 0) is 10.2 Å². The molecule has 2 atom stereocenters. The zero-order chi connectivity index (χ0) is 22.5. The lowest BCUT2D eigenvalue weighted by atomic mass is 9.74. The number of ketones is 1. The van der Waals surface area contributed by atoms with Crippen LogP contribution in [0.3, 0.4) is 0 Å². The Balaban J connectivity index is 1.29. The SMILES string of the molecule is CCN1C(=O)CN2c3c1cccc3[C@]1(C)CN(CCCC(=O)c3ccc(F)cc3)CC[C@H]21. The van der Waals surface area contributed by atoms with Gasteiger partial charge in [0.15, 0.2) is 5.78 Å². The normalized spacial score (nSPS) is 24.5. The second-order valence-corrected chi connectivity index (χ2v) is 9.47. The maximum atomic E-state index is 13.1. The Morgan fingerprint density at radius 2 is 1.97 bits per heavy atom. The minimum atomic E-state index is -0.320. The Morgan fingerprint density at radius 3 is 2.72 bits per heavy atom. The van der Waals surface area contributed by atoms with Gasteiger partial charge in [-0.25, -0.2) is 4.39 Å². The molecule has 0 radical (unpaired) electrons. The smallest absolute Gasteiger partial charge is 0.246 e. The molecular weight excluding hydrogens is 405 g/mol. The van der Waals surface area contributed by atoms with Gasteiger partial charge in [-0.05, 0) is 62.2 Å². The minimum absolute atomic E-state index is 0.0331. The fourth-order valence-electron chi connectivity index (χ4n) is 6.04. The summed E-state index contributed by atoms with van der Waals surface area (Å²) < 4.78 is 13.1. The summed E-state index contributed by atoms with van der Waals surface area (Å²) in [5.74, 6) is -0.0697. The van der Waals surface area contributed by atoms with Crippen molar-refractivity contribution >= 4 is 23.1 Å². The Labute approximate surface area is 188 Å². The van der Waals surface area contributed by atoms with Gasteiger partial charge in [0.1, 0.15) is 5.82 Å². The van der Waals surface area contributed by atoms with E-state index >= 15 is 0 Å². The van der Waals surface area contributed by atoms with Crippen LogP contribution in [0.4, 0.5) is 15.8 Å². The van der Waals surface area contributed by atoms with E-state index in [0.29, 0.717) is 31.1 Å². The molecule has 5 rings (SSSR count). The minimum Gasteiger partial charge on any atom is -0.356 e. The number of halogens is 1. The van der Waals surface area contributed by atoms with Crippen molar-refractivity contribution in [2.24, 2.45) is 0 Å². The molecule has 2 aromatic carbocycles. The summed E-state index contributed by atoms with van der Waals surface area (Å²) in [7, 11) is 0. The number of likely N-dealkylation sites (tertiary alicyclic amines) is 1. The highest BCUT2D eigenvalue weighted by atomic mass is 19.1. The molecule has 5 nitrogen and oxygen atoms in total. The first-order valence-corrected chi connectivity index (χ1v) is 11.6. The van der Waals surface area contributed by atoms with Gasteiger partial charge in [-0.1, -0.05) is 19.1 Å². The van der Waals surface area contributed by atoms with Gasteiger partial charge >= 0.3 is 0 Å². The van der Waals surface area contributed by atoms with Crippen LogP contribution < -0.4 is 9.80 Å². The third kappa shape index (κ3) is 3.32. The average molecular weight is 436 g/mol. The predicted octanol–water partition coefficient (Wildman–Crippen LogP) is 4.01. The first-order chi connectivity index (χ1) is 15.4. The zero-order valence-corrected chi connectivity index (χ0v) is 18.8. The summed E-state index contributed by atoms with van der Waals surface area (Å²) in [5.41, 5.74) is 4.18. The molecule has 0 saturated carbocycles. The molecule has 32 heavy (non-hydrogen) atoms. The maximum Gasteiger partial charge on any atom is 0.246 e. The molecule has 0 unspecified atom stereocenters. The fraction of sp³-hybridized carbons (Fsp3) is 0.462. The van der Waals surface area contributed by atoms with Crippen molar-refractivity contribution in [3.8, 4) is 0 Å². The van der Waals surface area contributed by atoms with E-state index in [2.05, 4.69) is 34.9 Å². The molecule has 6 heteroatoms. The Hall–Kier alpha value is -2.73. The van der Waals surface area contributed by atoms with Crippen molar-refractivity contribution in [3.05, 3.63) is 59.4 Å². The Bertz CT molecular complexity index is 1050. The summed E-state index contributed by atoms with van der Waals surface area (Å²) in [5, 5.41) is 0. The lowest BCUT2D eigenvalue weighted by molar-refractivity contribution is -0.117. The fourth-order valence-corrected chi connectivity index (χ4v) is 6.04. The quantitative estimate of drug-likeness (QED) is 0.643. The molecular formula is C26H30FN3O2. The average Bonchev–Trinajstić information content (AvgIpc) is 3.03. The van der Waals surface area contributed by atoms with Crippen molar-refractivity contribution in [1.29, 1.82) is 0 Å². The van der Waals surface area contributed by atoms with Gasteiger partial charge in [-0.2, -0.15) is 0 Å². The third-order valence-electron chi connectivity index (χ3n) is 7.56. The predicted molar refractivity (Wildman–Crippen MR) is 124 cm³/mol. The lowest BCUT2D eigenvalue weighted by Crippen LogP contribution is -2.57. The van der Waals surface area contributed by atoms with E-state index in [0.717, 1.165) is 38.2 Å². The number of hydrogen-bond donors (Lipinski definition) is 0. The first kappa shape index (κ1) is 21.1. The van der Waals surface area contributed by atoms with Crippen LogP contribution in [0.2, 0.25) is 0 Å². The van der Waals surface area contributed by atoms with Gasteiger partial charge in [-0.3, -0.25) is 9.59 Å². The van der Waals surface area contributed by atoms with Crippen LogP contribution in [0.5, 0.6) is 0 Å². The number of carbonyl (C=O) groups is 2. The molecule has 3 heterocycles. The van der Waals surface area contributed by atoms with Gasteiger partial charge in [0.2, 0.25) is 5.91 Å². The first-order valence-electron chi connectivity index (χ1n) is 11.6. The number of amides is 1. The van der Waals surface area contributed by atoms with E-state index in [1.54, 1.807) is 12.1 Å². The number of fused-ring (bicyclic) bond motifs is 3.